The lowest BCUT2D eigenvalue weighted by Gasteiger charge is -2.36. The highest BCUT2D eigenvalue weighted by Gasteiger charge is 2.38. The Morgan fingerprint density at radius 3 is 1.43 bits per heavy atom. The van der Waals surface area contributed by atoms with Gasteiger partial charge in [0.1, 0.15) is 59.8 Å². The number of hydrogen-bond donors (Lipinski definition) is 9. The summed E-state index contributed by atoms with van der Waals surface area (Å²) < 4.78 is 33.4. The standard InChI is InChI=1S/C34H46N10O5SSi.C33H47N9O5SSi.CBrN/c1-8-44-24(16-20(2)41-44)30(47)40-33-39-23-19-26(29(36)46)50-31(23)43(33)13-10-9-12-42-27-22(38-32(42)37)17-21(28(35)45)18-25(27)48-14-11-15-49-51(6,7)34(3,4)5;1-8-42-24(16-20(2)40-42)30(45)39-32-38-23-19-26(29(36)44)48-31(23)41(32)13-10-9-12-37-27-22(34)17-21(28(35)43)18-25(27)46-14-11-15-47-49(6,7)33(3,4)5;2-1-3/h9-10,16-19H,8,11-15H2,1-7H3,(H2,35,45)(H2,36,46)(H2,37,38)(H,39,40,47);9-10,16-19,37H,8,11-15,34H2,1-7H3,(H2,35,43)(H2,36,44)(H,38,39,45);/b2*10-9+;. The molecule has 0 aliphatic heterocycles. The van der Waals surface area contributed by atoms with Crippen LogP contribution in [-0.2, 0) is 41.6 Å². The van der Waals surface area contributed by atoms with Gasteiger partial charge in [-0.25, -0.2) is 15.0 Å². The highest BCUT2D eigenvalue weighted by molar-refractivity contribution is 9.12. The van der Waals surface area contributed by atoms with Gasteiger partial charge in [-0.2, -0.15) is 15.5 Å². The van der Waals surface area contributed by atoms with E-state index in [-0.39, 0.29) is 39.0 Å². The Balaban J connectivity index is 0.000000278. The van der Waals surface area contributed by atoms with Crippen molar-refractivity contribution in [3.8, 4) is 16.5 Å². The van der Waals surface area contributed by atoms with E-state index >= 15 is 0 Å². The first-order valence-electron chi connectivity index (χ1n) is 33.2. The number of nitriles is 1. The van der Waals surface area contributed by atoms with Crippen LogP contribution in [0.15, 0.2) is 72.8 Å². The second-order valence-electron chi connectivity index (χ2n) is 26.9. The first-order chi connectivity index (χ1) is 48.4. The molecule has 30 nitrogen and oxygen atoms in total. The Bertz CT molecular complexity index is 4690. The summed E-state index contributed by atoms with van der Waals surface area (Å²) in [6, 6.07) is 12.9. The van der Waals surface area contributed by atoms with Gasteiger partial charge in [0, 0.05) is 92.4 Å². The molecule has 0 atom stereocenters. The van der Waals surface area contributed by atoms with Gasteiger partial charge in [-0.1, -0.05) is 65.8 Å². The summed E-state index contributed by atoms with van der Waals surface area (Å²) in [7, 11) is -3.78. The third-order valence-corrected chi connectivity index (χ3v) is 28.8. The maximum absolute atomic E-state index is 13.3. The van der Waals surface area contributed by atoms with E-state index in [0.717, 1.165) is 11.4 Å². The average molecular weight is 1550 g/mol. The largest absolute Gasteiger partial charge is 0.491 e. The van der Waals surface area contributed by atoms with Gasteiger partial charge in [-0.3, -0.25) is 57.9 Å². The van der Waals surface area contributed by atoms with Crippen LogP contribution in [0.2, 0.25) is 36.3 Å². The predicted molar refractivity (Wildman–Crippen MR) is 413 cm³/mol. The summed E-state index contributed by atoms with van der Waals surface area (Å²) >= 11 is 4.84. The molecule has 103 heavy (non-hydrogen) atoms. The predicted octanol–water partition coefficient (Wildman–Crippen LogP) is 11.0. The number of imidazole rings is 3. The second kappa shape index (κ2) is 34.5. The molecule has 35 heteroatoms. The van der Waals surface area contributed by atoms with Crippen LogP contribution in [0.25, 0.3) is 31.7 Å². The van der Waals surface area contributed by atoms with Crippen LogP contribution in [-0.4, -0.2) is 133 Å². The molecule has 0 aliphatic rings. The zero-order valence-corrected chi connectivity index (χ0v) is 65.8. The van der Waals surface area contributed by atoms with Crippen molar-refractivity contribution >= 4 is 152 Å². The lowest BCUT2D eigenvalue weighted by Crippen LogP contribution is -2.41. The van der Waals surface area contributed by atoms with Crippen molar-refractivity contribution in [2.24, 2.45) is 22.9 Å². The van der Waals surface area contributed by atoms with Gasteiger partial charge < -0.3 is 62.6 Å². The van der Waals surface area contributed by atoms with E-state index in [2.05, 4.69) is 125 Å². The van der Waals surface area contributed by atoms with Crippen LogP contribution >= 0.6 is 38.6 Å². The van der Waals surface area contributed by atoms with Crippen LogP contribution in [0.1, 0.15) is 141 Å². The first kappa shape index (κ1) is 80.6. The van der Waals surface area contributed by atoms with Crippen molar-refractivity contribution in [3.05, 3.63) is 116 Å². The number of nitrogens with one attached hydrogen (secondary N) is 3. The quantitative estimate of drug-likeness (QED) is 0.00843. The van der Waals surface area contributed by atoms with Gasteiger partial charge in [0.2, 0.25) is 29.7 Å². The van der Waals surface area contributed by atoms with Gasteiger partial charge >= 0.3 is 0 Å². The molecule has 0 unspecified atom stereocenters. The molecule has 0 saturated heterocycles. The van der Waals surface area contributed by atoms with Crippen molar-refractivity contribution in [2.45, 2.75) is 151 Å². The van der Waals surface area contributed by atoms with E-state index in [4.69, 9.17) is 58.0 Å². The number of hydrogen-bond acceptors (Lipinski definition) is 21. The number of fused-ring (bicyclic) bond motifs is 3. The number of allylic oxidation sites excluding steroid dienone is 3. The molecule has 9 rings (SSSR count). The van der Waals surface area contributed by atoms with Gasteiger partial charge in [-0.05, 0) is 112 Å². The minimum atomic E-state index is -1.90. The number of aromatic nitrogens is 10. The molecule has 6 amide bonds. The second-order valence-corrected chi connectivity index (χ2v) is 39.0. The average Bonchev–Trinajstić information content (AvgIpc) is 1.64. The number of primary amides is 4. The Kier molecular flexibility index (Phi) is 27.0. The number of carbonyl (C=O) groups excluding carboxylic acids is 6. The zero-order chi connectivity index (χ0) is 76.1. The van der Waals surface area contributed by atoms with Crippen molar-refractivity contribution < 1.29 is 47.1 Å². The van der Waals surface area contributed by atoms with E-state index in [9.17, 15) is 28.8 Å². The smallest absolute Gasteiger partial charge is 0.276 e. The van der Waals surface area contributed by atoms with E-state index in [0.29, 0.717) is 166 Å². The van der Waals surface area contributed by atoms with Gasteiger partial charge in [0.05, 0.1) is 45.6 Å². The highest BCUT2D eigenvalue weighted by atomic mass is 79.9. The van der Waals surface area contributed by atoms with Gasteiger partial charge in [-0.15, -0.1) is 22.7 Å². The molecule has 7 aromatic heterocycles. The Morgan fingerprint density at radius 1 is 0.583 bits per heavy atom. The van der Waals surface area contributed by atoms with Gasteiger partial charge in [0.15, 0.2) is 16.6 Å². The van der Waals surface area contributed by atoms with Crippen LogP contribution < -0.4 is 59.8 Å². The normalized spacial score (nSPS) is 12.0. The number of ether oxygens (including phenoxy) is 2. The molecule has 0 radical (unpaired) electrons. The molecule has 0 spiro atoms. The Morgan fingerprint density at radius 2 is 1.00 bits per heavy atom. The number of nitrogens with zero attached hydrogens (tertiary/aromatic N) is 11. The molecule has 0 bridgehead atoms. The van der Waals surface area contributed by atoms with Crippen molar-refractivity contribution in [2.75, 3.05) is 60.4 Å². The van der Waals surface area contributed by atoms with Crippen molar-refractivity contribution in [1.29, 1.82) is 5.26 Å². The van der Waals surface area contributed by atoms with E-state index < -0.39 is 40.3 Å². The molecule has 0 saturated carbocycles. The molecule has 7 heterocycles. The van der Waals surface area contributed by atoms with Crippen LogP contribution in [0, 0.1) is 24.1 Å². The van der Waals surface area contributed by atoms with E-state index in [1.54, 1.807) is 70.5 Å². The Labute approximate surface area is 615 Å². The fourth-order valence-electron chi connectivity index (χ4n) is 10.00. The molecular formula is C68H93BrN20O10S2Si2. The summed E-state index contributed by atoms with van der Waals surface area (Å²) in [6.45, 7) is 33.6. The molecule has 15 N–H and O–H groups in total. The van der Waals surface area contributed by atoms with Crippen molar-refractivity contribution in [3.63, 3.8) is 0 Å². The molecule has 0 fully saturated rings. The highest BCUT2D eigenvalue weighted by Crippen LogP contribution is 2.39. The third kappa shape index (κ3) is 20.1. The number of aryl methyl sites for hydroxylation is 4. The Hall–Kier alpha value is -9.71. The zero-order valence-electron chi connectivity index (χ0n) is 60.6. The maximum atomic E-state index is 13.3. The number of nitrogens with two attached hydrogens (primary N) is 6. The minimum absolute atomic E-state index is 0.0987. The van der Waals surface area contributed by atoms with Crippen LogP contribution in [0.5, 0.6) is 11.5 Å². The minimum Gasteiger partial charge on any atom is -0.491 e. The summed E-state index contributed by atoms with van der Waals surface area (Å²) in [4.78, 5) is 91.7. The number of carbonyl (C=O) groups is 6. The fraction of sp³-hybridized carbons (Fsp3) is 0.412. The number of thiophene rings is 2. The molecule has 9 aromatic rings. The van der Waals surface area contributed by atoms with Gasteiger partial charge in [0.25, 0.3) is 23.6 Å². The first-order valence-corrected chi connectivity index (χ1v) is 41.4. The third-order valence-electron chi connectivity index (χ3n) is 17.4. The summed E-state index contributed by atoms with van der Waals surface area (Å²) in [6.07, 6.45) is 8.87. The van der Waals surface area contributed by atoms with Crippen LogP contribution in [0.4, 0.5) is 29.2 Å². The SMILES string of the molecule is CCn1nc(C)cc1C(=O)Nc1nc2cc(C(N)=O)sc2n1C/C=C/CNc1c(N)cc(C(N)=O)cc1OCCCO[Si](C)(C)C(C)(C)C.CCn1nc(C)cc1C(=O)Nc1nc2cc(C(N)=O)sc2n1C/C=C/Cn1c(N)nc2cc(C(N)=O)cc(OCCCO[Si](C)(C)C(C)(C)C)c21.N#CBr. The number of anilines is 5. The monoisotopic (exact) mass is 1550 g/mol. The molecule has 2 aromatic carbocycles. The number of nitrogen functional groups attached to an aromatic ring is 2. The lowest BCUT2D eigenvalue weighted by molar-refractivity contribution is 0.0991. The number of rotatable bonds is 31. The number of halogens is 1. The molecular weight excluding hydrogens is 1460 g/mol. The molecule has 552 valence electrons. The molecule has 0 aliphatic carbocycles. The lowest BCUT2D eigenvalue weighted by atomic mass is 10.1. The van der Waals surface area contributed by atoms with Crippen molar-refractivity contribution in [1.82, 2.24) is 48.2 Å². The maximum Gasteiger partial charge on any atom is 0.276 e. The number of amides is 6. The van der Waals surface area contributed by atoms with E-state index in [1.807, 2.05) is 52.0 Å². The summed E-state index contributed by atoms with van der Waals surface area (Å²) in [5.74, 6) is -1.33. The summed E-state index contributed by atoms with van der Waals surface area (Å²) in [5, 5.41) is 25.2. The van der Waals surface area contributed by atoms with Crippen LogP contribution in [0.3, 0.4) is 0 Å². The summed E-state index contributed by atoms with van der Waals surface area (Å²) in [5.41, 5.74) is 40.7. The number of benzene rings is 2. The van der Waals surface area contributed by atoms with E-state index in [1.165, 1.54) is 28.7 Å². The topological polar surface area (TPSA) is 444 Å². The fourth-order valence-corrected chi connectivity index (χ4v) is 14.1.